The lowest BCUT2D eigenvalue weighted by atomic mass is 9.66. The van der Waals surface area contributed by atoms with Crippen LogP contribution in [0.15, 0.2) is 204 Å². The van der Waals surface area contributed by atoms with E-state index < -0.39 is 5.41 Å². The highest BCUT2D eigenvalue weighted by molar-refractivity contribution is 7.99. The highest BCUT2D eigenvalue weighted by Crippen LogP contribution is 2.64. The van der Waals surface area contributed by atoms with Crippen LogP contribution in [0.4, 0.5) is 0 Å². The van der Waals surface area contributed by atoms with Crippen LogP contribution < -0.4 is 0 Å². The van der Waals surface area contributed by atoms with Crippen molar-refractivity contribution in [3.63, 3.8) is 0 Å². The fraction of sp³-hybridized carbons (Fsp3) is 0.0182. The largest absolute Gasteiger partial charge is 0.228 e. The molecule has 0 atom stereocenters. The fourth-order valence-electron chi connectivity index (χ4n) is 9.20. The lowest BCUT2D eigenvalue weighted by Crippen LogP contribution is -2.32. The first-order valence-corrected chi connectivity index (χ1v) is 20.7. The SMILES string of the molecule is N#Cc1cc(C#N)cc(-c2ccc(-c3cccc4c3Sc3c(-c5cc(-c6ccccc6)nc(-c6ccccc6)n5)cccc3C43c4ccccc4-c4ccccc43)cc2)c1. The summed E-state index contributed by atoms with van der Waals surface area (Å²) in [5, 5.41) is 19.3. The summed E-state index contributed by atoms with van der Waals surface area (Å²) < 4.78 is 0. The van der Waals surface area contributed by atoms with Crippen LogP contribution in [-0.2, 0) is 5.41 Å². The maximum absolute atomic E-state index is 9.67. The summed E-state index contributed by atoms with van der Waals surface area (Å²) in [4.78, 5) is 12.8. The fourth-order valence-corrected chi connectivity index (χ4v) is 10.6. The number of rotatable bonds is 5. The van der Waals surface area contributed by atoms with Gasteiger partial charge in [0.05, 0.1) is 40.1 Å². The maximum Gasteiger partial charge on any atom is 0.160 e. The van der Waals surface area contributed by atoms with Gasteiger partial charge >= 0.3 is 0 Å². The number of hydrogen-bond acceptors (Lipinski definition) is 5. The zero-order valence-corrected chi connectivity index (χ0v) is 33.0. The molecule has 1 aromatic heterocycles. The van der Waals surface area contributed by atoms with E-state index in [4.69, 9.17) is 9.97 Å². The molecule has 0 saturated carbocycles. The van der Waals surface area contributed by atoms with Crippen LogP contribution in [0.5, 0.6) is 0 Å². The first-order valence-electron chi connectivity index (χ1n) is 19.8. The molecular weight excluding hydrogens is 749 g/mol. The number of benzene rings is 8. The predicted octanol–water partition coefficient (Wildman–Crippen LogP) is 13.4. The Morgan fingerprint density at radius 2 is 0.850 bits per heavy atom. The van der Waals surface area contributed by atoms with Crippen LogP contribution in [0.3, 0.4) is 0 Å². The van der Waals surface area contributed by atoms with Gasteiger partial charge in [-0.05, 0) is 79.9 Å². The number of nitrogens with zero attached hydrogens (tertiary/aromatic N) is 4. The molecule has 0 radical (unpaired) electrons. The van der Waals surface area contributed by atoms with Gasteiger partial charge in [-0.1, -0.05) is 182 Å². The molecule has 0 N–H and O–H groups in total. The molecule has 9 aromatic rings. The summed E-state index contributed by atoms with van der Waals surface area (Å²) >= 11 is 1.82. The summed E-state index contributed by atoms with van der Waals surface area (Å²) in [6, 6.07) is 72.2. The van der Waals surface area contributed by atoms with Crippen LogP contribution in [0.2, 0.25) is 0 Å². The smallest absolute Gasteiger partial charge is 0.160 e. The van der Waals surface area contributed by atoms with E-state index in [0.717, 1.165) is 55.2 Å². The molecular formula is C55H32N4S. The Labute approximate surface area is 352 Å². The second kappa shape index (κ2) is 14.2. The van der Waals surface area contributed by atoms with E-state index in [1.54, 1.807) is 6.07 Å². The molecule has 8 aromatic carbocycles. The molecule has 11 rings (SSSR count). The van der Waals surface area contributed by atoms with E-state index in [-0.39, 0.29) is 0 Å². The maximum atomic E-state index is 9.67. The van der Waals surface area contributed by atoms with Crippen LogP contribution in [0, 0.1) is 22.7 Å². The molecule has 1 aliphatic carbocycles. The standard InChI is InChI=1S/C55H32N4S/c56-33-35-29-36(34-57)31-41(30-35)37-25-27-38(28-26-37)42-19-11-23-48-52(42)60-53-45(51-32-50(39-13-3-1-4-14-39)58-54(59-51)40-15-5-2-6-16-40)20-12-24-49(53)55(48)46-21-9-7-17-43(46)44-18-8-10-22-47(44)55/h1-32H. The van der Waals surface area contributed by atoms with E-state index in [9.17, 15) is 10.5 Å². The third-order valence-corrected chi connectivity index (χ3v) is 13.1. The van der Waals surface area contributed by atoms with Crippen molar-refractivity contribution in [3.8, 4) is 79.4 Å². The molecule has 5 heteroatoms. The van der Waals surface area contributed by atoms with Crippen LogP contribution in [0.25, 0.3) is 67.3 Å². The van der Waals surface area contributed by atoms with Gasteiger partial charge in [0.25, 0.3) is 0 Å². The van der Waals surface area contributed by atoms with Gasteiger partial charge in [-0.15, -0.1) is 0 Å². The van der Waals surface area contributed by atoms with Crippen LogP contribution in [-0.4, -0.2) is 9.97 Å². The topological polar surface area (TPSA) is 73.4 Å². The van der Waals surface area contributed by atoms with Gasteiger partial charge in [-0.3, -0.25) is 0 Å². The van der Waals surface area contributed by atoms with E-state index >= 15 is 0 Å². The first kappa shape index (κ1) is 35.3. The van der Waals surface area contributed by atoms with Crippen LogP contribution in [0.1, 0.15) is 33.4 Å². The molecule has 1 aliphatic heterocycles. The summed E-state index contributed by atoms with van der Waals surface area (Å²) in [6.45, 7) is 0. The highest BCUT2D eigenvalue weighted by atomic mass is 32.2. The predicted molar refractivity (Wildman–Crippen MR) is 240 cm³/mol. The van der Waals surface area contributed by atoms with Crippen molar-refractivity contribution in [1.29, 1.82) is 10.5 Å². The van der Waals surface area contributed by atoms with Crippen molar-refractivity contribution in [1.82, 2.24) is 9.97 Å². The third kappa shape index (κ3) is 5.52. The molecule has 2 aliphatic rings. The van der Waals surface area contributed by atoms with Gasteiger partial charge in [0.15, 0.2) is 5.82 Å². The van der Waals surface area contributed by atoms with Crippen molar-refractivity contribution >= 4 is 11.8 Å². The molecule has 0 fully saturated rings. The Morgan fingerprint density at radius 1 is 0.367 bits per heavy atom. The van der Waals surface area contributed by atoms with E-state index in [2.05, 4.69) is 164 Å². The summed E-state index contributed by atoms with van der Waals surface area (Å²) in [7, 11) is 0. The first-order chi connectivity index (χ1) is 29.6. The van der Waals surface area contributed by atoms with Crippen molar-refractivity contribution < 1.29 is 0 Å². The monoisotopic (exact) mass is 780 g/mol. The normalized spacial score (nSPS) is 12.7. The zero-order valence-electron chi connectivity index (χ0n) is 32.2. The van der Waals surface area contributed by atoms with E-state index in [0.29, 0.717) is 17.0 Å². The van der Waals surface area contributed by atoms with Gasteiger partial charge < -0.3 is 0 Å². The van der Waals surface area contributed by atoms with Gasteiger partial charge in [0.2, 0.25) is 0 Å². The average molecular weight is 781 g/mol. The van der Waals surface area contributed by atoms with Crippen LogP contribution >= 0.6 is 11.8 Å². The summed E-state index contributed by atoms with van der Waals surface area (Å²) in [5.74, 6) is 0.681. The average Bonchev–Trinajstić information content (AvgIpc) is 3.62. The molecule has 1 spiro atoms. The molecule has 278 valence electrons. The number of hydrogen-bond donors (Lipinski definition) is 0. The molecule has 0 saturated heterocycles. The van der Waals surface area contributed by atoms with Gasteiger partial charge in [-0.25, -0.2) is 9.97 Å². The third-order valence-electron chi connectivity index (χ3n) is 11.8. The second-order valence-corrected chi connectivity index (χ2v) is 16.1. The lowest BCUT2D eigenvalue weighted by molar-refractivity contribution is 0.724. The minimum Gasteiger partial charge on any atom is -0.228 e. The minimum absolute atomic E-state index is 0.467. The molecule has 2 heterocycles. The molecule has 0 amide bonds. The van der Waals surface area contributed by atoms with Gasteiger partial charge in [0.1, 0.15) is 0 Å². The number of aromatic nitrogens is 2. The Morgan fingerprint density at radius 3 is 1.47 bits per heavy atom. The Kier molecular flexibility index (Phi) is 8.38. The Bertz CT molecular complexity index is 3120. The number of fused-ring (bicyclic) bond motifs is 9. The van der Waals surface area contributed by atoms with E-state index in [1.165, 1.54) is 38.3 Å². The quantitative estimate of drug-likeness (QED) is 0.174. The van der Waals surface area contributed by atoms with Gasteiger partial charge in [0, 0.05) is 26.5 Å². The number of nitriles is 2. The minimum atomic E-state index is -0.599. The molecule has 0 unspecified atom stereocenters. The zero-order chi connectivity index (χ0) is 40.2. The summed E-state index contributed by atoms with van der Waals surface area (Å²) in [5.41, 5.74) is 16.6. The lowest BCUT2D eigenvalue weighted by Gasteiger charge is -2.41. The van der Waals surface area contributed by atoms with Crippen molar-refractivity contribution in [3.05, 3.63) is 228 Å². The molecule has 0 bridgehead atoms. The van der Waals surface area contributed by atoms with Crippen molar-refractivity contribution in [2.24, 2.45) is 0 Å². The Hall–Kier alpha value is -7.83. The summed E-state index contributed by atoms with van der Waals surface area (Å²) in [6.07, 6.45) is 0. The second-order valence-electron chi connectivity index (χ2n) is 15.1. The van der Waals surface area contributed by atoms with Crippen molar-refractivity contribution in [2.45, 2.75) is 15.2 Å². The van der Waals surface area contributed by atoms with Crippen molar-refractivity contribution in [2.75, 3.05) is 0 Å². The molecule has 60 heavy (non-hydrogen) atoms. The van der Waals surface area contributed by atoms with E-state index in [1.807, 2.05) is 48.2 Å². The van der Waals surface area contributed by atoms with Gasteiger partial charge in [-0.2, -0.15) is 10.5 Å². The molecule has 4 nitrogen and oxygen atoms in total. The highest BCUT2D eigenvalue weighted by Gasteiger charge is 2.51. The Balaban J connectivity index is 1.16.